The van der Waals surface area contributed by atoms with Gasteiger partial charge in [0.15, 0.2) is 5.82 Å². The van der Waals surface area contributed by atoms with Crippen molar-refractivity contribution in [1.29, 1.82) is 0 Å². The van der Waals surface area contributed by atoms with Gasteiger partial charge in [0.1, 0.15) is 11.6 Å². The van der Waals surface area contributed by atoms with Gasteiger partial charge in [-0.05, 0) is 43.7 Å². The maximum Gasteiger partial charge on any atom is 0.161 e. The zero-order valence-electron chi connectivity index (χ0n) is 13.9. The fourth-order valence-electron chi connectivity index (χ4n) is 2.77. The number of benzene rings is 1. The summed E-state index contributed by atoms with van der Waals surface area (Å²) in [6, 6.07) is 10.1. The first kappa shape index (κ1) is 15.7. The second-order valence-corrected chi connectivity index (χ2v) is 5.71. The summed E-state index contributed by atoms with van der Waals surface area (Å²) < 4.78 is 5.23. The van der Waals surface area contributed by atoms with Crippen LogP contribution in [0.5, 0.6) is 5.75 Å². The van der Waals surface area contributed by atoms with Crippen molar-refractivity contribution in [3.8, 4) is 17.1 Å². The molecule has 1 aromatic heterocycles. The van der Waals surface area contributed by atoms with Crippen molar-refractivity contribution in [2.45, 2.75) is 19.8 Å². The van der Waals surface area contributed by atoms with Crippen LogP contribution in [0.15, 0.2) is 30.3 Å². The number of rotatable bonds is 4. The number of nitrogens with zero attached hydrogens (tertiary/aromatic N) is 3. The largest absolute Gasteiger partial charge is 0.497 e. The number of aryl methyl sites for hydroxylation is 1. The Morgan fingerprint density at radius 3 is 2.70 bits per heavy atom. The molecule has 3 rings (SSSR count). The second-order valence-electron chi connectivity index (χ2n) is 5.71. The van der Waals surface area contributed by atoms with Gasteiger partial charge < -0.3 is 15.0 Å². The van der Waals surface area contributed by atoms with E-state index in [9.17, 15) is 0 Å². The summed E-state index contributed by atoms with van der Waals surface area (Å²) >= 11 is 0. The molecular weight excluding hydrogens is 288 g/mol. The molecule has 2 heterocycles. The maximum atomic E-state index is 5.23. The van der Waals surface area contributed by atoms with Crippen molar-refractivity contribution in [2.24, 2.45) is 0 Å². The van der Waals surface area contributed by atoms with E-state index >= 15 is 0 Å². The fraction of sp³-hybridized carbons (Fsp3) is 0.444. The summed E-state index contributed by atoms with van der Waals surface area (Å²) in [5, 5.41) is 3.44. The summed E-state index contributed by atoms with van der Waals surface area (Å²) in [5.41, 5.74) is 2.10. The number of hydrogen-bond donors (Lipinski definition) is 1. The van der Waals surface area contributed by atoms with E-state index in [1.165, 1.54) is 0 Å². The van der Waals surface area contributed by atoms with Crippen molar-refractivity contribution >= 4 is 5.82 Å². The number of methoxy groups -OCH3 is 1. The van der Waals surface area contributed by atoms with Crippen molar-refractivity contribution in [3.05, 3.63) is 36.0 Å². The molecule has 0 amide bonds. The topological polar surface area (TPSA) is 50.3 Å². The van der Waals surface area contributed by atoms with Crippen LogP contribution in [-0.4, -0.2) is 43.3 Å². The van der Waals surface area contributed by atoms with Gasteiger partial charge in [0.2, 0.25) is 0 Å². The van der Waals surface area contributed by atoms with E-state index in [2.05, 4.69) is 23.2 Å². The smallest absolute Gasteiger partial charge is 0.161 e. The summed E-state index contributed by atoms with van der Waals surface area (Å²) in [6.45, 7) is 6.24. The Morgan fingerprint density at radius 2 is 1.96 bits per heavy atom. The standard InChI is InChI=1S/C18H24N4O/c1-3-15-13-17(22-11-4-9-19-10-12-22)21-18(20-15)14-5-7-16(23-2)8-6-14/h5-8,13,19H,3-4,9-12H2,1-2H3. The quantitative estimate of drug-likeness (QED) is 0.940. The highest BCUT2D eigenvalue weighted by atomic mass is 16.5. The number of nitrogens with one attached hydrogen (secondary N) is 1. The van der Waals surface area contributed by atoms with Crippen molar-refractivity contribution in [1.82, 2.24) is 15.3 Å². The van der Waals surface area contributed by atoms with Crippen molar-refractivity contribution in [2.75, 3.05) is 38.2 Å². The normalized spacial score (nSPS) is 15.3. The lowest BCUT2D eigenvalue weighted by Gasteiger charge is -2.22. The van der Waals surface area contributed by atoms with Crippen LogP contribution in [0, 0.1) is 0 Å². The number of aromatic nitrogens is 2. The van der Waals surface area contributed by atoms with Crippen molar-refractivity contribution < 1.29 is 4.74 Å². The van der Waals surface area contributed by atoms with Gasteiger partial charge in [-0.2, -0.15) is 0 Å². The Kier molecular flexibility index (Phi) is 5.08. The third-order valence-corrected chi connectivity index (χ3v) is 4.14. The van der Waals surface area contributed by atoms with E-state index < -0.39 is 0 Å². The third-order valence-electron chi connectivity index (χ3n) is 4.14. The lowest BCUT2D eigenvalue weighted by atomic mass is 10.2. The average Bonchev–Trinajstić information content (AvgIpc) is 2.91. The summed E-state index contributed by atoms with van der Waals surface area (Å²) in [7, 11) is 1.68. The average molecular weight is 312 g/mol. The SMILES string of the molecule is CCc1cc(N2CCCNCC2)nc(-c2ccc(OC)cc2)n1. The van der Waals surface area contributed by atoms with Gasteiger partial charge in [0.25, 0.3) is 0 Å². The van der Waals surface area contributed by atoms with Crippen LogP contribution in [0.2, 0.25) is 0 Å². The van der Waals surface area contributed by atoms with Gasteiger partial charge in [0, 0.05) is 37.0 Å². The van der Waals surface area contributed by atoms with E-state index in [1.54, 1.807) is 7.11 Å². The Labute approximate surface area is 137 Å². The first-order valence-corrected chi connectivity index (χ1v) is 8.28. The first-order chi connectivity index (χ1) is 11.3. The minimum atomic E-state index is 0.791. The predicted octanol–water partition coefficient (Wildman–Crippen LogP) is 2.51. The molecule has 5 heteroatoms. The van der Waals surface area contributed by atoms with Gasteiger partial charge in [-0.25, -0.2) is 9.97 Å². The summed E-state index contributed by atoms with van der Waals surface area (Å²) in [5.74, 6) is 2.67. The van der Waals surface area contributed by atoms with E-state index in [1.807, 2.05) is 24.3 Å². The lowest BCUT2D eigenvalue weighted by Crippen LogP contribution is -2.29. The highest BCUT2D eigenvalue weighted by Crippen LogP contribution is 2.23. The molecule has 2 aromatic rings. The zero-order chi connectivity index (χ0) is 16.1. The Hall–Kier alpha value is -2.14. The van der Waals surface area contributed by atoms with Crippen LogP contribution >= 0.6 is 0 Å². The molecule has 23 heavy (non-hydrogen) atoms. The molecule has 1 fully saturated rings. The molecule has 0 spiro atoms. The van der Waals surface area contributed by atoms with Crippen molar-refractivity contribution in [3.63, 3.8) is 0 Å². The lowest BCUT2D eigenvalue weighted by molar-refractivity contribution is 0.415. The van der Waals surface area contributed by atoms with Crippen LogP contribution in [0.4, 0.5) is 5.82 Å². The first-order valence-electron chi connectivity index (χ1n) is 8.28. The van der Waals surface area contributed by atoms with Gasteiger partial charge >= 0.3 is 0 Å². The molecule has 0 unspecified atom stereocenters. The molecule has 1 aliphatic rings. The summed E-state index contributed by atoms with van der Waals surface area (Å²) in [6.07, 6.45) is 2.05. The molecule has 0 saturated carbocycles. The van der Waals surface area contributed by atoms with Crippen LogP contribution in [0.25, 0.3) is 11.4 Å². The molecule has 0 bridgehead atoms. The molecule has 1 N–H and O–H groups in total. The minimum absolute atomic E-state index is 0.791. The number of ether oxygens (including phenoxy) is 1. The molecule has 5 nitrogen and oxygen atoms in total. The van der Waals surface area contributed by atoms with E-state index in [0.717, 1.165) is 67.7 Å². The molecule has 0 radical (unpaired) electrons. The molecule has 122 valence electrons. The zero-order valence-corrected chi connectivity index (χ0v) is 13.9. The number of anilines is 1. The van der Waals surface area contributed by atoms with Crippen LogP contribution in [0.1, 0.15) is 19.0 Å². The summed E-state index contributed by atoms with van der Waals surface area (Å²) in [4.78, 5) is 11.9. The maximum absolute atomic E-state index is 5.23. The highest BCUT2D eigenvalue weighted by Gasteiger charge is 2.14. The van der Waals surface area contributed by atoms with Gasteiger partial charge in [-0.3, -0.25) is 0 Å². The fourth-order valence-corrected chi connectivity index (χ4v) is 2.77. The predicted molar refractivity (Wildman–Crippen MR) is 93.1 cm³/mol. The second kappa shape index (κ2) is 7.42. The van der Waals surface area contributed by atoms with E-state index in [-0.39, 0.29) is 0 Å². The Balaban J connectivity index is 1.94. The van der Waals surface area contributed by atoms with E-state index in [4.69, 9.17) is 14.7 Å². The van der Waals surface area contributed by atoms with Crippen LogP contribution in [-0.2, 0) is 6.42 Å². The van der Waals surface area contributed by atoms with Gasteiger partial charge in [-0.15, -0.1) is 0 Å². The number of hydrogen-bond acceptors (Lipinski definition) is 5. The van der Waals surface area contributed by atoms with Crippen LogP contribution < -0.4 is 15.0 Å². The highest BCUT2D eigenvalue weighted by molar-refractivity contribution is 5.59. The molecule has 1 saturated heterocycles. The molecule has 1 aliphatic heterocycles. The van der Waals surface area contributed by atoms with Gasteiger partial charge in [0.05, 0.1) is 7.11 Å². The molecular formula is C18H24N4O. The van der Waals surface area contributed by atoms with E-state index in [0.29, 0.717) is 0 Å². The molecule has 1 aromatic carbocycles. The molecule has 0 aliphatic carbocycles. The Bertz CT molecular complexity index is 634. The van der Waals surface area contributed by atoms with Gasteiger partial charge in [-0.1, -0.05) is 6.92 Å². The molecule has 0 atom stereocenters. The Morgan fingerprint density at radius 1 is 1.13 bits per heavy atom. The third kappa shape index (κ3) is 3.79. The monoisotopic (exact) mass is 312 g/mol. The minimum Gasteiger partial charge on any atom is -0.497 e. The van der Waals surface area contributed by atoms with Crippen LogP contribution in [0.3, 0.4) is 0 Å².